The summed E-state index contributed by atoms with van der Waals surface area (Å²) >= 11 is 0. The van der Waals surface area contributed by atoms with E-state index in [-0.39, 0.29) is 0 Å². The monoisotopic (exact) mass is 130 g/mol. The maximum Gasteiger partial charge on any atom is 0.178 e. The van der Waals surface area contributed by atoms with Gasteiger partial charge < -0.3 is 0 Å². The quantitative estimate of drug-likeness (QED) is 0.530. The summed E-state index contributed by atoms with van der Waals surface area (Å²) in [6.07, 6.45) is 4.84. The fourth-order valence-corrected chi connectivity index (χ4v) is 0.757. The van der Waals surface area contributed by atoms with Crippen molar-refractivity contribution in [3.63, 3.8) is 0 Å². The zero-order valence-electron chi connectivity index (χ0n) is 5.15. The molecular formula is C7H4N3. The van der Waals surface area contributed by atoms with Crippen LogP contribution in [-0.2, 0) is 0 Å². The van der Waals surface area contributed by atoms with Crippen molar-refractivity contribution in [2.24, 2.45) is 0 Å². The Morgan fingerprint density at radius 3 is 2.90 bits per heavy atom. The van der Waals surface area contributed by atoms with E-state index >= 15 is 0 Å². The fourth-order valence-electron chi connectivity index (χ4n) is 0.757. The van der Waals surface area contributed by atoms with Gasteiger partial charge in [-0.25, -0.2) is 9.97 Å². The molecule has 0 unspecified atom stereocenters. The zero-order chi connectivity index (χ0) is 6.81. The molecule has 0 aliphatic rings. The minimum atomic E-state index is 0.668. The van der Waals surface area contributed by atoms with Gasteiger partial charge in [-0.05, 0) is 6.07 Å². The molecule has 0 atom stereocenters. The van der Waals surface area contributed by atoms with Crippen LogP contribution in [0.25, 0.3) is 11.2 Å². The van der Waals surface area contributed by atoms with Gasteiger partial charge >= 0.3 is 0 Å². The molecule has 3 nitrogen and oxygen atoms in total. The highest BCUT2D eigenvalue weighted by Gasteiger charge is 1.90. The lowest BCUT2D eigenvalue weighted by Crippen LogP contribution is -1.83. The van der Waals surface area contributed by atoms with Crippen molar-refractivity contribution in [3.05, 3.63) is 30.7 Å². The molecule has 0 aromatic carbocycles. The molecule has 0 saturated carbocycles. The van der Waals surface area contributed by atoms with E-state index < -0.39 is 0 Å². The number of hydrogen-bond donors (Lipinski definition) is 0. The van der Waals surface area contributed by atoms with E-state index in [0.717, 1.165) is 5.52 Å². The van der Waals surface area contributed by atoms with Crippen LogP contribution in [0.5, 0.6) is 0 Å². The number of nitrogens with zero attached hydrogens (tertiary/aromatic N) is 3. The van der Waals surface area contributed by atoms with E-state index in [1.54, 1.807) is 24.7 Å². The Morgan fingerprint density at radius 1 is 1.10 bits per heavy atom. The summed E-state index contributed by atoms with van der Waals surface area (Å²) < 4.78 is 0. The van der Waals surface area contributed by atoms with Gasteiger partial charge in [0, 0.05) is 24.7 Å². The van der Waals surface area contributed by atoms with Crippen LogP contribution < -0.4 is 0 Å². The second-order valence-corrected chi connectivity index (χ2v) is 1.83. The van der Waals surface area contributed by atoms with Crippen LogP contribution in [0.15, 0.2) is 24.7 Å². The first-order valence-electron chi connectivity index (χ1n) is 2.89. The van der Waals surface area contributed by atoms with E-state index in [4.69, 9.17) is 0 Å². The first kappa shape index (κ1) is 5.29. The average Bonchev–Trinajstić information content (AvgIpc) is 2.05. The highest BCUT2D eigenvalue weighted by Crippen LogP contribution is 1.99. The van der Waals surface area contributed by atoms with Crippen LogP contribution in [0.3, 0.4) is 0 Å². The second-order valence-electron chi connectivity index (χ2n) is 1.83. The van der Waals surface area contributed by atoms with Crippen molar-refractivity contribution in [3.8, 4) is 0 Å². The lowest BCUT2D eigenvalue weighted by molar-refractivity contribution is 1.22. The first-order valence-corrected chi connectivity index (χ1v) is 2.89. The molecule has 3 heteroatoms. The van der Waals surface area contributed by atoms with Crippen molar-refractivity contribution in [1.82, 2.24) is 15.0 Å². The Balaban J connectivity index is 2.89. The summed E-state index contributed by atoms with van der Waals surface area (Å²) in [4.78, 5) is 12.0. The molecule has 0 bridgehead atoms. The minimum absolute atomic E-state index is 0.668. The highest BCUT2D eigenvalue weighted by molar-refractivity contribution is 5.67. The number of rotatable bonds is 0. The molecule has 0 amide bonds. The molecular weight excluding hydrogens is 126 g/mol. The molecule has 0 N–H and O–H groups in total. The Kier molecular flexibility index (Phi) is 1.07. The number of aromatic nitrogens is 3. The van der Waals surface area contributed by atoms with Gasteiger partial charge in [0.2, 0.25) is 0 Å². The van der Waals surface area contributed by atoms with Gasteiger partial charge in [-0.1, -0.05) is 0 Å². The summed E-state index contributed by atoms with van der Waals surface area (Å²) in [5.41, 5.74) is 1.45. The van der Waals surface area contributed by atoms with E-state index in [1.807, 2.05) is 0 Å². The SMILES string of the molecule is [c]1cnc2nccnc2c1. The van der Waals surface area contributed by atoms with E-state index in [1.165, 1.54) is 0 Å². The number of pyridine rings is 1. The van der Waals surface area contributed by atoms with Gasteiger partial charge in [-0.3, -0.25) is 4.98 Å². The van der Waals surface area contributed by atoms with E-state index in [2.05, 4.69) is 21.0 Å². The molecule has 2 aromatic heterocycles. The minimum Gasteiger partial charge on any atom is -0.251 e. The second kappa shape index (κ2) is 2.02. The first-order chi connectivity index (χ1) is 4.97. The van der Waals surface area contributed by atoms with Gasteiger partial charge in [0.05, 0.1) is 0 Å². The van der Waals surface area contributed by atoms with Gasteiger partial charge in [0.1, 0.15) is 5.52 Å². The van der Waals surface area contributed by atoms with Crippen molar-refractivity contribution in [2.45, 2.75) is 0 Å². The van der Waals surface area contributed by atoms with Crippen LogP contribution in [0.4, 0.5) is 0 Å². The zero-order valence-corrected chi connectivity index (χ0v) is 5.15. The molecule has 2 heterocycles. The molecule has 1 radical (unpaired) electrons. The Morgan fingerprint density at radius 2 is 2.00 bits per heavy atom. The van der Waals surface area contributed by atoms with Crippen LogP contribution in [0.2, 0.25) is 0 Å². The highest BCUT2D eigenvalue weighted by atomic mass is 14.9. The molecule has 47 valence electrons. The largest absolute Gasteiger partial charge is 0.251 e. The number of hydrogen-bond acceptors (Lipinski definition) is 3. The van der Waals surface area contributed by atoms with E-state index in [0.29, 0.717) is 5.65 Å². The normalized spacial score (nSPS) is 10.0. The van der Waals surface area contributed by atoms with Crippen molar-refractivity contribution >= 4 is 11.2 Å². The third-order valence-electron chi connectivity index (χ3n) is 1.19. The molecule has 0 fully saturated rings. The van der Waals surface area contributed by atoms with Crippen molar-refractivity contribution in [2.75, 3.05) is 0 Å². The van der Waals surface area contributed by atoms with Crippen LogP contribution in [0, 0.1) is 6.07 Å². The molecule has 0 saturated heterocycles. The standard InChI is InChI=1S/C7H4N3/c1-2-6-7(9-3-1)10-5-4-8-6/h2-5H. The summed E-state index contributed by atoms with van der Waals surface area (Å²) in [5.74, 6) is 0. The predicted octanol–water partition coefficient (Wildman–Crippen LogP) is 0.825. The topological polar surface area (TPSA) is 38.7 Å². The van der Waals surface area contributed by atoms with Crippen LogP contribution in [-0.4, -0.2) is 15.0 Å². The number of fused-ring (bicyclic) bond motifs is 1. The van der Waals surface area contributed by atoms with Crippen LogP contribution >= 0.6 is 0 Å². The maximum absolute atomic E-state index is 4.02. The fraction of sp³-hybridized carbons (Fsp3) is 0. The molecule has 0 aliphatic carbocycles. The molecule has 2 aromatic rings. The molecule has 0 spiro atoms. The summed E-state index contributed by atoms with van der Waals surface area (Å²) in [7, 11) is 0. The summed E-state index contributed by atoms with van der Waals surface area (Å²) in [6, 6.07) is 4.58. The average molecular weight is 130 g/mol. The van der Waals surface area contributed by atoms with Crippen molar-refractivity contribution in [1.29, 1.82) is 0 Å². The van der Waals surface area contributed by atoms with Gasteiger partial charge in [-0.2, -0.15) is 0 Å². The lowest BCUT2D eigenvalue weighted by atomic mass is 10.4. The van der Waals surface area contributed by atoms with Gasteiger partial charge in [0.25, 0.3) is 0 Å². The van der Waals surface area contributed by atoms with E-state index in [9.17, 15) is 0 Å². The lowest BCUT2D eigenvalue weighted by Gasteiger charge is -1.89. The third-order valence-corrected chi connectivity index (χ3v) is 1.19. The van der Waals surface area contributed by atoms with Gasteiger partial charge in [-0.15, -0.1) is 0 Å². The predicted molar refractivity (Wildman–Crippen MR) is 36.2 cm³/mol. The van der Waals surface area contributed by atoms with Crippen molar-refractivity contribution < 1.29 is 0 Å². The third kappa shape index (κ3) is 0.719. The maximum atomic E-state index is 4.02. The Labute approximate surface area is 57.8 Å². The summed E-state index contributed by atoms with van der Waals surface area (Å²) in [5, 5.41) is 0. The molecule has 0 aliphatic heterocycles. The molecule has 2 rings (SSSR count). The summed E-state index contributed by atoms with van der Waals surface area (Å²) in [6.45, 7) is 0. The Hall–Kier alpha value is -1.51. The van der Waals surface area contributed by atoms with Crippen LogP contribution in [0.1, 0.15) is 0 Å². The smallest absolute Gasteiger partial charge is 0.178 e. The van der Waals surface area contributed by atoms with Gasteiger partial charge in [0.15, 0.2) is 5.65 Å². The molecule has 10 heavy (non-hydrogen) atoms. The Bertz CT molecular complexity index is 280.